The summed E-state index contributed by atoms with van der Waals surface area (Å²) in [6, 6.07) is 6.15. The van der Waals surface area contributed by atoms with Crippen molar-refractivity contribution in [3.05, 3.63) is 65.3 Å². The minimum absolute atomic E-state index is 0.101. The standard InChI is InChI=1S/C23H26N8O2/c24-13-18-11-21(27-7-1-3-19(14-27)29-9-5-25-16-29)12-22(23(18)31(32)33)28-8-2-4-20(15-28)30-10-6-26-17-30/h5-6,9-12,16-17,19-20H,1-4,7-8,14-15H2. The van der Waals surface area contributed by atoms with Gasteiger partial charge in [0.1, 0.15) is 17.3 Å². The van der Waals surface area contributed by atoms with Crippen LogP contribution in [0.15, 0.2) is 49.6 Å². The third-order valence-corrected chi connectivity index (χ3v) is 6.77. The number of aromatic nitrogens is 4. The van der Waals surface area contributed by atoms with Crippen molar-refractivity contribution < 1.29 is 4.92 Å². The number of nitro groups is 1. The highest BCUT2D eigenvalue weighted by Gasteiger charge is 2.31. The third-order valence-electron chi connectivity index (χ3n) is 6.77. The van der Waals surface area contributed by atoms with Crippen LogP contribution in [-0.4, -0.2) is 50.2 Å². The Hall–Kier alpha value is -3.87. The van der Waals surface area contributed by atoms with E-state index in [1.807, 2.05) is 24.8 Å². The molecule has 0 amide bonds. The number of hydrogen-bond donors (Lipinski definition) is 0. The fourth-order valence-corrected chi connectivity index (χ4v) is 5.13. The van der Waals surface area contributed by atoms with Crippen molar-refractivity contribution in [3.8, 4) is 6.07 Å². The molecule has 2 saturated heterocycles. The molecule has 170 valence electrons. The van der Waals surface area contributed by atoms with Crippen LogP contribution in [0.1, 0.15) is 43.3 Å². The SMILES string of the molecule is N#Cc1cc(N2CCCC(n3ccnc3)C2)cc(N2CCCC(n3ccnc3)C2)c1[N+](=O)[O-]. The van der Waals surface area contributed by atoms with Gasteiger partial charge in [-0.1, -0.05) is 0 Å². The van der Waals surface area contributed by atoms with Crippen LogP contribution in [0.3, 0.4) is 0 Å². The average molecular weight is 447 g/mol. The lowest BCUT2D eigenvalue weighted by Gasteiger charge is -2.37. The van der Waals surface area contributed by atoms with E-state index in [9.17, 15) is 15.4 Å². The van der Waals surface area contributed by atoms with Gasteiger partial charge in [0, 0.05) is 56.7 Å². The predicted molar refractivity (Wildman–Crippen MR) is 123 cm³/mol. The molecular weight excluding hydrogens is 420 g/mol. The molecular formula is C23H26N8O2. The second kappa shape index (κ2) is 8.94. The molecule has 0 aliphatic carbocycles. The molecule has 2 fully saturated rings. The Bertz CT molecular complexity index is 1150. The lowest BCUT2D eigenvalue weighted by atomic mass is 10.0. The number of nitrogens with zero attached hydrogens (tertiary/aromatic N) is 8. The topological polar surface area (TPSA) is 109 Å². The molecule has 10 nitrogen and oxygen atoms in total. The molecule has 2 aromatic heterocycles. The van der Waals surface area contributed by atoms with Crippen molar-refractivity contribution in [2.45, 2.75) is 37.8 Å². The van der Waals surface area contributed by atoms with Gasteiger partial charge in [-0.2, -0.15) is 5.26 Å². The van der Waals surface area contributed by atoms with Crippen molar-refractivity contribution in [2.24, 2.45) is 0 Å². The van der Waals surface area contributed by atoms with E-state index in [1.165, 1.54) is 0 Å². The zero-order valence-electron chi connectivity index (χ0n) is 18.3. The smallest absolute Gasteiger partial charge is 0.310 e. The minimum atomic E-state index is -0.414. The van der Waals surface area contributed by atoms with E-state index in [-0.39, 0.29) is 23.3 Å². The van der Waals surface area contributed by atoms with Crippen molar-refractivity contribution >= 4 is 17.1 Å². The monoisotopic (exact) mass is 446 g/mol. The lowest BCUT2D eigenvalue weighted by Crippen LogP contribution is -2.38. The molecule has 5 rings (SSSR count). The summed E-state index contributed by atoms with van der Waals surface area (Å²) in [5.74, 6) is 0. The molecule has 0 saturated carbocycles. The Balaban J connectivity index is 1.49. The number of imidazole rings is 2. The quantitative estimate of drug-likeness (QED) is 0.435. The van der Waals surface area contributed by atoms with Gasteiger partial charge in [-0.25, -0.2) is 9.97 Å². The number of nitro benzene ring substituents is 1. The van der Waals surface area contributed by atoms with Gasteiger partial charge in [0.2, 0.25) is 0 Å². The maximum absolute atomic E-state index is 12.0. The van der Waals surface area contributed by atoms with E-state index < -0.39 is 4.92 Å². The number of rotatable bonds is 5. The van der Waals surface area contributed by atoms with Gasteiger partial charge >= 0.3 is 5.69 Å². The highest BCUT2D eigenvalue weighted by Crippen LogP contribution is 2.39. The highest BCUT2D eigenvalue weighted by atomic mass is 16.6. The largest absolute Gasteiger partial charge is 0.369 e. The van der Waals surface area contributed by atoms with Crippen LogP contribution in [-0.2, 0) is 0 Å². The Morgan fingerprint density at radius 2 is 1.58 bits per heavy atom. The Morgan fingerprint density at radius 1 is 0.970 bits per heavy atom. The molecule has 0 bridgehead atoms. The summed E-state index contributed by atoms with van der Waals surface area (Å²) in [6.45, 7) is 2.99. The molecule has 2 unspecified atom stereocenters. The van der Waals surface area contributed by atoms with Gasteiger partial charge in [0.25, 0.3) is 0 Å². The Morgan fingerprint density at radius 3 is 2.12 bits per heavy atom. The number of hydrogen-bond acceptors (Lipinski definition) is 7. The number of benzene rings is 1. The number of nitriles is 1. The van der Waals surface area contributed by atoms with Gasteiger partial charge in [-0.05, 0) is 37.8 Å². The van der Waals surface area contributed by atoms with Crippen LogP contribution >= 0.6 is 0 Å². The molecule has 10 heteroatoms. The van der Waals surface area contributed by atoms with Crippen LogP contribution in [0.5, 0.6) is 0 Å². The predicted octanol–water partition coefficient (Wildman–Crippen LogP) is 3.54. The van der Waals surface area contributed by atoms with E-state index in [1.54, 1.807) is 24.8 Å². The van der Waals surface area contributed by atoms with Gasteiger partial charge in [-0.3, -0.25) is 10.1 Å². The van der Waals surface area contributed by atoms with Gasteiger partial charge in [-0.15, -0.1) is 0 Å². The van der Waals surface area contributed by atoms with Crippen molar-refractivity contribution in [2.75, 3.05) is 36.0 Å². The fraction of sp³-hybridized carbons (Fsp3) is 0.435. The van der Waals surface area contributed by atoms with Crippen LogP contribution in [0, 0.1) is 21.4 Å². The molecule has 3 aromatic rings. The maximum Gasteiger partial charge on any atom is 0.310 e. The molecule has 1 aromatic carbocycles. The van der Waals surface area contributed by atoms with Gasteiger partial charge in [0.05, 0.1) is 29.7 Å². The molecule has 0 spiro atoms. The van der Waals surface area contributed by atoms with E-state index >= 15 is 0 Å². The molecule has 2 aliphatic rings. The first-order chi connectivity index (χ1) is 16.1. The molecule has 2 atom stereocenters. The summed E-state index contributed by atoms with van der Waals surface area (Å²) >= 11 is 0. The first-order valence-corrected chi connectivity index (χ1v) is 11.3. The lowest BCUT2D eigenvalue weighted by molar-refractivity contribution is -0.384. The first kappa shape index (κ1) is 21.0. The van der Waals surface area contributed by atoms with E-state index in [0.29, 0.717) is 12.2 Å². The van der Waals surface area contributed by atoms with Crippen molar-refractivity contribution in [3.63, 3.8) is 0 Å². The molecule has 33 heavy (non-hydrogen) atoms. The second-order valence-corrected chi connectivity index (χ2v) is 8.73. The molecule has 0 radical (unpaired) electrons. The average Bonchev–Trinajstić information content (AvgIpc) is 3.58. The summed E-state index contributed by atoms with van der Waals surface area (Å²) in [7, 11) is 0. The van der Waals surface area contributed by atoms with E-state index in [4.69, 9.17) is 0 Å². The summed E-state index contributed by atoms with van der Waals surface area (Å²) < 4.78 is 4.18. The first-order valence-electron chi connectivity index (χ1n) is 11.3. The number of piperidine rings is 2. The summed E-state index contributed by atoms with van der Waals surface area (Å²) in [6.07, 6.45) is 15.0. The number of anilines is 2. The third kappa shape index (κ3) is 4.14. The van der Waals surface area contributed by atoms with Gasteiger partial charge in [0.15, 0.2) is 0 Å². The van der Waals surface area contributed by atoms with Gasteiger partial charge < -0.3 is 18.9 Å². The fourth-order valence-electron chi connectivity index (χ4n) is 5.13. The summed E-state index contributed by atoms with van der Waals surface area (Å²) in [4.78, 5) is 24.2. The minimum Gasteiger partial charge on any atom is -0.369 e. The highest BCUT2D eigenvalue weighted by molar-refractivity contribution is 5.76. The zero-order valence-corrected chi connectivity index (χ0v) is 18.3. The zero-order chi connectivity index (χ0) is 22.8. The maximum atomic E-state index is 12.0. The van der Waals surface area contributed by atoms with E-state index in [0.717, 1.165) is 51.0 Å². The van der Waals surface area contributed by atoms with E-state index in [2.05, 4.69) is 35.0 Å². The summed E-state index contributed by atoms with van der Waals surface area (Å²) in [5.41, 5.74) is 1.41. The second-order valence-electron chi connectivity index (χ2n) is 8.73. The normalized spacial score (nSPS) is 21.1. The molecule has 4 heterocycles. The summed E-state index contributed by atoms with van der Waals surface area (Å²) in [5, 5.41) is 21.8. The Labute approximate surface area is 191 Å². The van der Waals surface area contributed by atoms with Crippen LogP contribution in [0.4, 0.5) is 17.1 Å². The van der Waals surface area contributed by atoms with Crippen LogP contribution in [0.2, 0.25) is 0 Å². The molecule has 0 N–H and O–H groups in total. The molecule has 2 aliphatic heterocycles. The Kier molecular flexibility index (Phi) is 5.69. The van der Waals surface area contributed by atoms with Crippen LogP contribution in [0.25, 0.3) is 0 Å². The van der Waals surface area contributed by atoms with Crippen LogP contribution < -0.4 is 9.80 Å². The van der Waals surface area contributed by atoms with Crippen molar-refractivity contribution in [1.29, 1.82) is 5.26 Å². The van der Waals surface area contributed by atoms with Crippen molar-refractivity contribution in [1.82, 2.24) is 19.1 Å².